The quantitative estimate of drug-likeness (QED) is 0.690. The van der Waals surface area contributed by atoms with Crippen LogP contribution in [0.2, 0.25) is 5.02 Å². The van der Waals surface area contributed by atoms with Crippen LogP contribution in [0, 0.1) is 0 Å². The van der Waals surface area contributed by atoms with Gasteiger partial charge in [-0.15, -0.1) is 11.3 Å². The third kappa shape index (κ3) is 4.65. The average Bonchev–Trinajstić information content (AvgIpc) is 3.09. The van der Waals surface area contributed by atoms with E-state index in [0.717, 1.165) is 11.3 Å². The Morgan fingerprint density at radius 1 is 1.00 bits per heavy atom. The molecule has 3 aromatic rings. The molecule has 0 fully saturated rings. The molecule has 7 heteroatoms. The maximum Gasteiger partial charge on any atom is 0.269 e. The minimum absolute atomic E-state index is 0.0956. The normalized spacial score (nSPS) is 10.3. The molecule has 2 N–H and O–H groups in total. The summed E-state index contributed by atoms with van der Waals surface area (Å²) in [6, 6.07) is 16.1. The van der Waals surface area contributed by atoms with E-state index in [1.165, 1.54) is 11.3 Å². The van der Waals surface area contributed by atoms with Crippen molar-refractivity contribution in [2.24, 2.45) is 0 Å². The molecule has 1 aromatic heterocycles. The van der Waals surface area contributed by atoms with Crippen molar-refractivity contribution in [1.82, 2.24) is 15.8 Å². The number of hydrazine groups is 1. The number of carbonyl (C=O) groups excluding carboxylic acids is 2. The van der Waals surface area contributed by atoms with Gasteiger partial charge in [0.2, 0.25) is 5.91 Å². The number of aromatic nitrogens is 1. The second-order valence-corrected chi connectivity index (χ2v) is 6.56. The molecule has 0 bridgehead atoms. The van der Waals surface area contributed by atoms with E-state index in [-0.39, 0.29) is 12.3 Å². The van der Waals surface area contributed by atoms with E-state index in [2.05, 4.69) is 15.8 Å². The molecule has 0 aliphatic rings. The Morgan fingerprint density at radius 2 is 1.72 bits per heavy atom. The number of halogens is 1. The van der Waals surface area contributed by atoms with E-state index in [1.54, 1.807) is 24.3 Å². The molecule has 3 rings (SSSR count). The van der Waals surface area contributed by atoms with Gasteiger partial charge in [-0.05, 0) is 24.3 Å². The lowest BCUT2D eigenvalue weighted by atomic mass is 10.2. The SMILES string of the molecule is O=C(Cc1nc(-c2ccccc2)cs1)NNC(=O)c1ccc(Cl)cc1. The first-order valence-electron chi connectivity index (χ1n) is 7.46. The minimum Gasteiger partial charge on any atom is -0.273 e. The lowest BCUT2D eigenvalue weighted by Crippen LogP contribution is -2.42. The molecule has 0 atom stereocenters. The van der Waals surface area contributed by atoms with Crippen molar-refractivity contribution >= 4 is 34.8 Å². The molecule has 0 unspecified atom stereocenters. The van der Waals surface area contributed by atoms with Gasteiger partial charge in [-0.3, -0.25) is 20.4 Å². The number of nitrogens with zero attached hydrogens (tertiary/aromatic N) is 1. The molecule has 0 aliphatic heterocycles. The van der Waals surface area contributed by atoms with Crippen molar-refractivity contribution in [3.8, 4) is 11.3 Å². The predicted molar refractivity (Wildman–Crippen MR) is 98.3 cm³/mol. The summed E-state index contributed by atoms with van der Waals surface area (Å²) >= 11 is 7.18. The van der Waals surface area contributed by atoms with Crippen LogP contribution in [0.25, 0.3) is 11.3 Å². The summed E-state index contributed by atoms with van der Waals surface area (Å²) in [5.74, 6) is -0.745. The van der Waals surface area contributed by atoms with Crippen LogP contribution in [-0.4, -0.2) is 16.8 Å². The zero-order valence-electron chi connectivity index (χ0n) is 13.0. The van der Waals surface area contributed by atoms with Crippen molar-refractivity contribution in [3.05, 3.63) is 75.6 Å². The maximum atomic E-state index is 12.0. The molecule has 0 radical (unpaired) electrons. The second-order valence-electron chi connectivity index (χ2n) is 5.18. The van der Waals surface area contributed by atoms with E-state index < -0.39 is 5.91 Å². The van der Waals surface area contributed by atoms with Crippen molar-refractivity contribution < 1.29 is 9.59 Å². The van der Waals surface area contributed by atoms with Crippen LogP contribution in [0.15, 0.2) is 60.0 Å². The van der Waals surface area contributed by atoms with Gasteiger partial charge in [0.05, 0.1) is 12.1 Å². The monoisotopic (exact) mass is 371 g/mol. The zero-order chi connectivity index (χ0) is 17.6. The van der Waals surface area contributed by atoms with Gasteiger partial charge in [0, 0.05) is 21.5 Å². The minimum atomic E-state index is -0.408. The summed E-state index contributed by atoms with van der Waals surface area (Å²) in [4.78, 5) is 28.3. The van der Waals surface area contributed by atoms with Crippen LogP contribution in [0.3, 0.4) is 0 Å². The molecular formula is C18H14ClN3O2S. The van der Waals surface area contributed by atoms with Crippen LogP contribution in [0.5, 0.6) is 0 Å². The molecule has 126 valence electrons. The second kappa shape index (κ2) is 7.92. The van der Waals surface area contributed by atoms with Crippen molar-refractivity contribution in [2.45, 2.75) is 6.42 Å². The third-order valence-corrected chi connectivity index (χ3v) is 4.46. The molecule has 25 heavy (non-hydrogen) atoms. The number of carbonyl (C=O) groups is 2. The Hall–Kier alpha value is -2.70. The molecule has 2 aromatic carbocycles. The molecule has 0 saturated heterocycles. The first-order chi connectivity index (χ1) is 12.1. The lowest BCUT2D eigenvalue weighted by molar-refractivity contribution is -0.121. The van der Waals surface area contributed by atoms with Gasteiger partial charge >= 0.3 is 0 Å². The number of thiazole rings is 1. The van der Waals surface area contributed by atoms with Crippen LogP contribution in [-0.2, 0) is 11.2 Å². The first-order valence-corrected chi connectivity index (χ1v) is 8.72. The third-order valence-electron chi connectivity index (χ3n) is 3.35. The summed E-state index contributed by atoms with van der Waals surface area (Å²) < 4.78 is 0. The highest BCUT2D eigenvalue weighted by molar-refractivity contribution is 7.10. The van der Waals surface area contributed by atoms with Crippen LogP contribution in [0.4, 0.5) is 0 Å². The molecule has 2 amide bonds. The van der Waals surface area contributed by atoms with Gasteiger partial charge < -0.3 is 0 Å². The van der Waals surface area contributed by atoms with E-state index in [0.29, 0.717) is 15.6 Å². The lowest BCUT2D eigenvalue weighted by Gasteiger charge is -2.06. The van der Waals surface area contributed by atoms with E-state index in [1.807, 2.05) is 35.7 Å². The Morgan fingerprint density at radius 3 is 2.44 bits per heavy atom. The van der Waals surface area contributed by atoms with Gasteiger partial charge in [0.15, 0.2) is 0 Å². The van der Waals surface area contributed by atoms with E-state index >= 15 is 0 Å². The van der Waals surface area contributed by atoms with Crippen LogP contribution in [0.1, 0.15) is 15.4 Å². The van der Waals surface area contributed by atoms with Crippen LogP contribution < -0.4 is 10.9 Å². The number of hydrogen-bond donors (Lipinski definition) is 2. The van der Waals surface area contributed by atoms with Gasteiger partial charge in [-0.2, -0.15) is 0 Å². The highest BCUT2D eigenvalue weighted by Gasteiger charge is 2.11. The average molecular weight is 372 g/mol. The fraction of sp³-hybridized carbons (Fsp3) is 0.0556. The van der Waals surface area contributed by atoms with E-state index in [9.17, 15) is 9.59 Å². The van der Waals surface area contributed by atoms with Crippen molar-refractivity contribution in [2.75, 3.05) is 0 Å². The number of rotatable bonds is 4. The van der Waals surface area contributed by atoms with Gasteiger partial charge in [-0.25, -0.2) is 4.98 Å². The highest BCUT2D eigenvalue weighted by Crippen LogP contribution is 2.21. The first kappa shape index (κ1) is 17.1. The summed E-state index contributed by atoms with van der Waals surface area (Å²) in [6.45, 7) is 0. The Balaban J connectivity index is 1.54. The van der Waals surface area contributed by atoms with Crippen LogP contribution >= 0.6 is 22.9 Å². The van der Waals surface area contributed by atoms with Gasteiger partial charge in [0.1, 0.15) is 5.01 Å². The number of hydrogen-bond acceptors (Lipinski definition) is 4. The fourth-order valence-electron chi connectivity index (χ4n) is 2.12. The number of amides is 2. The zero-order valence-corrected chi connectivity index (χ0v) is 14.6. The van der Waals surface area contributed by atoms with E-state index in [4.69, 9.17) is 11.6 Å². The Bertz CT molecular complexity index is 879. The summed E-state index contributed by atoms with van der Waals surface area (Å²) in [5.41, 5.74) is 7.00. The van der Waals surface area contributed by atoms with Gasteiger partial charge in [-0.1, -0.05) is 41.9 Å². The number of nitrogens with one attached hydrogen (secondary N) is 2. The Kier molecular flexibility index (Phi) is 5.42. The molecule has 5 nitrogen and oxygen atoms in total. The highest BCUT2D eigenvalue weighted by atomic mass is 35.5. The molecule has 0 saturated carbocycles. The molecular weight excluding hydrogens is 358 g/mol. The summed E-state index contributed by atoms with van der Waals surface area (Å²) in [7, 11) is 0. The molecule has 0 spiro atoms. The molecule has 1 heterocycles. The van der Waals surface area contributed by atoms with Gasteiger partial charge in [0.25, 0.3) is 5.91 Å². The van der Waals surface area contributed by atoms with Crippen molar-refractivity contribution in [1.29, 1.82) is 0 Å². The van der Waals surface area contributed by atoms with Crippen molar-refractivity contribution in [3.63, 3.8) is 0 Å². The number of benzene rings is 2. The Labute approximate surface area is 153 Å². The smallest absolute Gasteiger partial charge is 0.269 e. The topological polar surface area (TPSA) is 71.1 Å². The fourth-order valence-corrected chi connectivity index (χ4v) is 3.04. The maximum absolute atomic E-state index is 12.0. The molecule has 0 aliphatic carbocycles. The predicted octanol–water partition coefficient (Wildman–Crippen LogP) is 3.47. The standard InChI is InChI=1S/C18H14ClN3O2S/c19-14-8-6-13(7-9-14)18(24)22-21-16(23)10-17-20-15(11-25-17)12-4-2-1-3-5-12/h1-9,11H,10H2,(H,21,23)(H,22,24). The largest absolute Gasteiger partial charge is 0.273 e. The summed E-state index contributed by atoms with van der Waals surface area (Å²) in [6.07, 6.45) is 0.0956. The summed E-state index contributed by atoms with van der Waals surface area (Å²) in [5, 5.41) is 3.13.